The lowest BCUT2D eigenvalue weighted by atomic mass is 9.94. The molecule has 0 radical (unpaired) electrons. The minimum absolute atomic E-state index is 0.00468. The number of benzene rings is 1. The number of hydrogen-bond donors (Lipinski definition) is 1. The van der Waals surface area contributed by atoms with Gasteiger partial charge in [0.1, 0.15) is 0 Å². The molecule has 0 bridgehead atoms. The first kappa shape index (κ1) is 19.1. The third kappa shape index (κ3) is 4.64. The summed E-state index contributed by atoms with van der Waals surface area (Å²) >= 11 is 12.0. The molecule has 1 N–H and O–H groups in total. The van der Waals surface area contributed by atoms with Crippen molar-refractivity contribution in [2.75, 3.05) is 13.1 Å². The van der Waals surface area contributed by atoms with E-state index < -0.39 is 0 Å². The Labute approximate surface area is 153 Å². The van der Waals surface area contributed by atoms with Crippen LogP contribution in [0.5, 0.6) is 0 Å². The molecule has 0 saturated carbocycles. The normalized spacial score (nSPS) is 17.0. The SMILES string of the molecule is CC(C)C(=O)N1CCC(C(=O)NC(C)c2ccc(Cl)c(Cl)c2)CC1. The van der Waals surface area contributed by atoms with E-state index in [-0.39, 0.29) is 29.7 Å². The van der Waals surface area contributed by atoms with Gasteiger partial charge in [0.15, 0.2) is 0 Å². The Bertz CT molecular complexity index is 611. The Balaban J connectivity index is 1.89. The maximum absolute atomic E-state index is 12.5. The first-order valence-electron chi connectivity index (χ1n) is 8.33. The van der Waals surface area contributed by atoms with Gasteiger partial charge >= 0.3 is 0 Å². The molecule has 1 unspecified atom stereocenters. The molecule has 1 atom stereocenters. The van der Waals surface area contributed by atoms with Crippen LogP contribution in [0.25, 0.3) is 0 Å². The largest absolute Gasteiger partial charge is 0.349 e. The lowest BCUT2D eigenvalue weighted by molar-refractivity contribution is -0.138. The van der Waals surface area contributed by atoms with E-state index in [0.717, 1.165) is 5.56 Å². The van der Waals surface area contributed by atoms with Gasteiger partial charge in [-0.2, -0.15) is 0 Å². The van der Waals surface area contributed by atoms with Crippen molar-refractivity contribution in [3.05, 3.63) is 33.8 Å². The molecule has 132 valence electrons. The monoisotopic (exact) mass is 370 g/mol. The van der Waals surface area contributed by atoms with Crippen LogP contribution in [0.3, 0.4) is 0 Å². The number of rotatable bonds is 4. The summed E-state index contributed by atoms with van der Waals surface area (Å²) < 4.78 is 0. The average molecular weight is 371 g/mol. The van der Waals surface area contributed by atoms with E-state index in [1.165, 1.54) is 0 Å². The lowest BCUT2D eigenvalue weighted by Gasteiger charge is -2.33. The van der Waals surface area contributed by atoms with Crippen LogP contribution in [0.2, 0.25) is 10.0 Å². The van der Waals surface area contributed by atoms with E-state index in [4.69, 9.17) is 23.2 Å². The van der Waals surface area contributed by atoms with Gasteiger partial charge in [0.2, 0.25) is 11.8 Å². The summed E-state index contributed by atoms with van der Waals surface area (Å²) in [5.41, 5.74) is 0.921. The molecule has 0 aromatic heterocycles. The number of hydrogen-bond acceptors (Lipinski definition) is 2. The molecule has 0 spiro atoms. The van der Waals surface area contributed by atoms with Crippen LogP contribution in [0, 0.1) is 11.8 Å². The third-order valence-corrected chi connectivity index (χ3v) is 5.21. The maximum Gasteiger partial charge on any atom is 0.225 e. The van der Waals surface area contributed by atoms with Crippen LogP contribution in [0.4, 0.5) is 0 Å². The topological polar surface area (TPSA) is 49.4 Å². The zero-order valence-corrected chi connectivity index (χ0v) is 15.8. The van der Waals surface area contributed by atoms with E-state index in [1.807, 2.05) is 31.7 Å². The molecule has 6 heteroatoms. The number of halogens is 2. The fourth-order valence-electron chi connectivity index (χ4n) is 2.92. The Morgan fingerprint density at radius 1 is 1.12 bits per heavy atom. The molecule has 4 nitrogen and oxygen atoms in total. The number of amides is 2. The van der Waals surface area contributed by atoms with E-state index >= 15 is 0 Å². The van der Waals surface area contributed by atoms with Crippen LogP contribution in [-0.4, -0.2) is 29.8 Å². The van der Waals surface area contributed by atoms with Gasteiger partial charge in [0.25, 0.3) is 0 Å². The number of nitrogens with zero attached hydrogens (tertiary/aromatic N) is 1. The zero-order valence-electron chi connectivity index (χ0n) is 14.3. The van der Waals surface area contributed by atoms with Gasteiger partial charge in [-0.25, -0.2) is 0 Å². The number of carbonyl (C=O) groups is 2. The van der Waals surface area contributed by atoms with E-state index in [1.54, 1.807) is 12.1 Å². The molecule has 1 aromatic carbocycles. The fraction of sp³-hybridized carbons (Fsp3) is 0.556. The molecular formula is C18H24Cl2N2O2. The molecule has 1 aliphatic rings. The van der Waals surface area contributed by atoms with Crippen molar-refractivity contribution in [2.45, 2.75) is 39.7 Å². The Kier molecular flexibility index (Phi) is 6.53. The predicted octanol–water partition coefficient (Wildman–Crippen LogP) is 4.07. The molecule has 1 saturated heterocycles. The molecule has 1 aromatic rings. The highest BCUT2D eigenvalue weighted by Crippen LogP contribution is 2.26. The van der Waals surface area contributed by atoms with Gasteiger partial charge < -0.3 is 10.2 Å². The molecule has 1 aliphatic heterocycles. The number of carbonyl (C=O) groups excluding carboxylic acids is 2. The zero-order chi connectivity index (χ0) is 17.9. The number of likely N-dealkylation sites (tertiary alicyclic amines) is 1. The van der Waals surface area contributed by atoms with Gasteiger partial charge in [-0.3, -0.25) is 9.59 Å². The summed E-state index contributed by atoms with van der Waals surface area (Å²) in [7, 11) is 0. The second-order valence-corrected chi connectivity index (χ2v) is 7.47. The van der Waals surface area contributed by atoms with Gasteiger partial charge in [0, 0.05) is 24.9 Å². The lowest BCUT2D eigenvalue weighted by Crippen LogP contribution is -2.44. The van der Waals surface area contributed by atoms with E-state index in [2.05, 4.69) is 5.32 Å². The third-order valence-electron chi connectivity index (χ3n) is 4.47. The van der Waals surface area contributed by atoms with Gasteiger partial charge in [-0.15, -0.1) is 0 Å². The second kappa shape index (κ2) is 8.21. The highest BCUT2D eigenvalue weighted by Gasteiger charge is 2.28. The average Bonchev–Trinajstić information content (AvgIpc) is 2.56. The van der Waals surface area contributed by atoms with Crippen molar-refractivity contribution in [2.24, 2.45) is 11.8 Å². The molecule has 1 heterocycles. The van der Waals surface area contributed by atoms with Crippen LogP contribution in [-0.2, 0) is 9.59 Å². The summed E-state index contributed by atoms with van der Waals surface area (Å²) in [6, 6.07) is 5.24. The summed E-state index contributed by atoms with van der Waals surface area (Å²) in [5.74, 6) is 0.153. The van der Waals surface area contributed by atoms with Crippen molar-refractivity contribution in [3.63, 3.8) is 0 Å². The maximum atomic E-state index is 12.5. The van der Waals surface area contributed by atoms with E-state index in [0.29, 0.717) is 36.0 Å². The highest BCUT2D eigenvalue weighted by atomic mass is 35.5. The summed E-state index contributed by atoms with van der Waals surface area (Å²) in [6.45, 7) is 7.03. The molecule has 24 heavy (non-hydrogen) atoms. The molecule has 2 rings (SSSR count). The smallest absolute Gasteiger partial charge is 0.225 e. The van der Waals surface area contributed by atoms with Crippen molar-refractivity contribution >= 4 is 35.0 Å². The Morgan fingerprint density at radius 3 is 2.29 bits per heavy atom. The van der Waals surface area contributed by atoms with Crippen LogP contribution >= 0.6 is 23.2 Å². The summed E-state index contributed by atoms with van der Waals surface area (Å²) in [6.07, 6.45) is 1.41. The van der Waals surface area contributed by atoms with Crippen molar-refractivity contribution in [1.29, 1.82) is 0 Å². The molecule has 2 amide bonds. The molecular weight excluding hydrogens is 347 g/mol. The number of nitrogens with one attached hydrogen (secondary N) is 1. The van der Waals surface area contributed by atoms with Crippen molar-refractivity contribution in [3.8, 4) is 0 Å². The van der Waals surface area contributed by atoms with Gasteiger partial charge in [-0.05, 0) is 37.5 Å². The number of piperidine rings is 1. The molecule has 0 aliphatic carbocycles. The van der Waals surface area contributed by atoms with Gasteiger partial charge in [0.05, 0.1) is 16.1 Å². The van der Waals surface area contributed by atoms with E-state index in [9.17, 15) is 9.59 Å². The van der Waals surface area contributed by atoms with Gasteiger partial charge in [-0.1, -0.05) is 43.1 Å². The quantitative estimate of drug-likeness (QED) is 0.868. The fourth-order valence-corrected chi connectivity index (χ4v) is 3.23. The minimum Gasteiger partial charge on any atom is -0.349 e. The minimum atomic E-state index is -0.136. The van der Waals surface area contributed by atoms with Crippen LogP contribution < -0.4 is 5.32 Å². The Morgan fingerprint density at radius 2 is 1.75 bits per heavy atom. The molecule has 1 fully saturated rings. The Hall–Kier alpha value is -1.26. The van der Waals surface area contributed by atoms with Crippen LogP contribution in [0.1, 0.15) is 45.2 Å². The van der Waals surface area contributed by atoms with Crippen LogP contribution in [0.15, 0.2) is 18.2 Å². The summed E-state index contributed by atoms with van der Waals surface area (Å²) in [4.78, 5) is 26.3. The predicted molar refractivity (Wildman–Crippen MR) is 97.2 cm³/mol. The first-order valence-corrected chi connectivity index (χ1v) is 9.09. The van der Waals surface area contributed by atoms with Crippen molar-refractivity contribution < 1.29 is 9.59 Å². The highest BCUT2D eigenvalue weighted by molar-refractivity contribution is 6.42. The first-order chi connectivity index (χ1) is 11.3. The van der Waals surface area contributed by atoms with Crippen molar-refractivity contribution in [1.82, 2.24) is 10.2 Å². The summed E-state index contributed by atoms with van der Waals surface area (Å²) in [5, 5.41) is 4.02. The standard InChI is InChI=1S/C18H24Cl2N2O2/c1-11(2)18(24)22-8-6-13(7-9-22)17(23)21-12(3)14-4-5-15(19)16(20)10-14/h4-5,10-13H,6-9H2,1-3H3,(H,21,23). The second-order valence-electron chi connectivity index (χ2n) is 6.66.